The average Bonchev–Trinajstić information content (AvgIpc) is 2.77. The maximum absolute atomic E-state index is 13.4. The molecule has 3 aromatic carbocycles. The van der Waals surface area contributed by atoms with Gasteiger partial charge in [-0.1, -0.05) is 48.0 Å². The van der Waals surface area contributed by atoms with Gasteiger partial charge in [0.05, 0.1) is 20.3 Å². The molecule has 29 heavy (non-hydrogen) atoms. The van der Waals surface area contributed by atoms with Crippen LogP contribution in [0.4, 0.5) is 0 Å². The van der Waals surface area contributed by atoms with E-state index in [1.165, 1.54) is 0 Å². The van der Waals surface area contributed by atoms with Crippen molar-refractivity contribution < 1.29 is 14.3 Å². The highest BCUT2D eigenvalue weighted by molar-refractivity contribution is 6.30. The van der Waals surface area contributed by atoms with E-state index in [1.54, 1.807) is 38.5 Å². The van der Waals surface area contributed by atoms with E-state index in [4.69, 9.17) is 21.1 Å². The zero-order chi connectivity index (χ0) is 20.8. The number of methoxy groups -OCH3 is 2. The minimum atomic E-state index is -0.118. The molecule has 0 saturated carbocycles. The van der Waals surface area contributed by atoms with Crippen LogP contribution in [-0.4, -0.2) is 25.0 Å². The van der Waals surface area contributed by atoms with Crippen molar-refractivity contribution in [3.8, 4) is 11.5 Å². The van der Waals surface area contributed by atoms with Crippen molar-refractivity contribution in [1.29, 1.82) is 0 Å². The number of hydrogen-bond acceptors (Lipinski definition) is 3. The molecule has 3 aromatic rings. The Morgan fingerprint density at radius 1 is 0.931 bits per heavy atom. The Morgan fingerprint density at radius 2 is 1.59 bits per heavy atom. The van der Waals surface area contributed by atoms with Gasteiger partial charge < -0.3 is 14.4 Å². The molecule has 0 spiro atoms. The fraction of sp³-hybridized carbons (Fsp3) is 0.208. The highest BCUT2D eigenvalue weighted by atomic mass is 35.5. The minimum absolute atomic E-state index is 0.0622. The summed E-state index contributed by atoms with van der Waals surface area (Å²) in [5.41, 5.74) is 2.61. The van der Waals surface area contributed by atoms with Crippen molar-refractivity contribution in [1.82, 2.24) is 4.90 Å². The Labute approximate surface area is 176 Å². The summed E-state index contributed by atoms with van der Waals surface area (Å²) in [6.07, 6.45) is 0. The zero-order valence-electron chi connectivity index (χ0n) is 16.8. The van der Waals surface area contributed by atoms with Gasteiger partial charge in [-0.2, -0.15) is 0 Å². The van der Waals surface area contributed by atoms with Gasteiger partial charge in [-0.25, -0.2) is 0 Å². The Morgan fingerprint density at radius 3 is 2.21 bits per heavy atom. The van der Waals surface area contributed by atoms with Crippen LogP contribution in [0.25, 0.3) is 0 Å². The van der Waals surface area contributed by atoms with Crippen molar-refractivity contribution in [2.75, 3.05) is 14.2 Å². The highest BCUT2D eigenvalue weighted by Crippen LogP contribution is 2.30. The molecule has 5 heteroatoms. The quantitative estimate of drug-likeness (QED) is 0.498. The van der Waals surface area contributed by atoms with E-state index < -0.39 is 0 Å². The van der Waals surface area contributed by atoms with E-state index >= 15 is 0 Å². The lowest BCUT2D eigenvalue weighted by molar-refractivity contribution is 0.0674. The number of nitrogens with zero attached hydrogens (tertiary/aromatic N) is 1. The van der Waals surface area contributed by atoms with Gasteiger partial charge in [0.2, 0.25) is 0 Å². The predicted octanol–water partition coefficient (Wildman–Crippen LogP) is 5.76. The van der Waals surface area contributed by atoms with Crippen molar-refractivity contribution in [2.24, 2.45) is 0 Å². The standard InChI is InChI=1S/C24H24ClNO3/c1-17(19-7-5-4-6-8-19)26(24(27)20-10-12-21(25)13-11-20)16-18-9-14-22(28-2)23(15-18)29-3/h4-15,17H,16H2,1-3H3. The first-order valence-corrected chi connectivity index (χ1v) is 9.73. The number of amides is 1. The molecule has 1 amide bonds. The molecule has 0 fully saturated rings. The Hall–Kier alpha value is -2.98. The number of carbonyl (C=O) groups excluding carboxylic acids is 1. The van der Waals surface area contributed by atoms with Crippen LogP contribution in [0.2, 0.25) is 5.02 Å². The summed E-state index contributed by atoms with van der Waals surface area (Å²) < 4.78 is 10.7. The van der Waals surface area contributed by atoms with E-state index in [9.17, 15) is 4.79 Å². The highest BCUT2D eigenvalue weighted by Gasteiger charge is 2.23. The summed E-state index contributed by atoms with van der Waals surface area (Å²) in [4.78, 5) is 15.2. The molecule has 0 aliphatic rings. The summed E-state index contributed by atoms with van der Waals surface area (Å²) in [5, 5.41) is 0.601. The maximum atomic E-state index is 13.4. The molecule has 0 N–H and O–H groups in total. The maximum Gasteiger partial charge on any atom is 0.254 e. The van der Waals surface area contributed by atoms with Crippen LogP contribution in [0.3, 0.4) is 0 Å². The van der Waals surface area contributed by atoms with Crippen LogP contribution >= 0.6 is 11.6 Å². The molecule has 0 aliphatic heterocycles. The molecule has 3 rings (SSSR count). The number of rotatable bonds is 7. The lowest BCUT2D eigenvalue weighted by Gasteiger charge is -2.30. The number of benzene rings is 3. The van der Waals surface area contributed by atoms with Crippen LogP contribution in [0, 0.1) is 0 Å². The van der Waals surface area contributed by atoms with Gasteiger partial charge in [0, 0.05) is 17.1 Å². The fourth-order valence-corrected chi connectivity index (χ4v) is 3.36. The van der Waals surface area contributed by atoms with Crippen LogP contribution < -0.4 is 9.47 Å². The molecular formula is C24H24ClNO3. The van der Waals surface area contributed by atoms with Crippen molar-refractivity contribution in [3.63, 3.8) is 0 Å². The number of ether oxygens (including phenoxy) is 2. The number of hydrogen-bond donors (Lipinski definition) is 0. The third kappa shape index (κ3) is 4.90. The minimum Gasteiger partial charge on any atom is -0.493 e. The van der Waals surface area contributed by atoms with E-state index in [-0.39, 0.29) is 11.9 Å². The van der Waals surface area contributed by atoms with Crippen LogP contribution in [0.15, 0.2) is 72.8 Å². The van der Waals surface area contributed by atoms with Gasteiger partial charge in [0.25, 0.3) is 5.91 Å². The fourth-order valence-electron chi connectivity index (χ4n) is 3.23. The normalized spacial score (nSPS) is 11.6. The third-order valence-corrected chi connectivity index (χ3v) is 5.15. The summed E-state index contributed by atoms with van der Waals surface area (Å²) >= 11 is 6.00. The molecule has 0 bridgehead atoms. The molecule has 1 atom stereocenters. The lowest BCUT2D eigenvalue weighted by Crippen LogP contribution is -2.33. The predicted molar refractivity (Wildman–Crippen MR) is 116 cm³/mol. The van der Waals surface area contributed by atoms with Crippen molar-refractivity contribution >= 4 is 17.5 Å². The Balaban J connectivity index is 1.96. The SMILES string of the molecule is COc1ccc(CN(C(=O)c2ccc(Cl)cc2)C(C)c2ccccc2)cc1OC. The smallest absolute Gasteiger partial charge is 0.254 e. The molecule has 4 nitrogen and oxygen atoms in total. The van der Waals surface area contributed by atoms with E-state index in [1.807, 2.05) is 60.4 Å². The molecule has 150 valence electrons. The molecule has 0 heterocycles. The van der Waals surface area contributed by atoms with Gasteiger partial charge in [0.1, 0.15) is 0 Å². The Bertz CT molecular complexity index is 958. The van der Waals surface area contributed by atoms with Crippen molar-refractivity contribution in [3.05, 3.63) is 94.5 Å². The van der Waals surface area contributed by atoms with Crippen LogP contribution in [0.1, 0.15) is 34.5 Å². The summed E-state index contributed by atoms with van der Waals surface area (Å²) in [6.45, 7) is 2.46. The van der Waals surface area contributed by atoms with E-state index in [0.717, 1.165) is 11.1 Å². The molecule has 0 saturated heterocycles. The summed E-state index contributed by atoms with van der Waals surface area (Å²) in [7, 11) is 3.20. The number of carbonyl (C=O) groups is 1. The summed E-state index contributed by atoms with van der Waals surface area (Å²) in [6, 6.07) is 22.5. The molecule has 1 unspecified atom stereocenters. The van der Waals surface area contributed by atoms with Crippen molar-refractivity contribution in [2.45, 2.75) is 19.5 Å². The third-order valence-electron chi connectivity index (χ3n) is 4.90. The van der Waals surface area contributed by atoms with Gasteiger partial charge in [-0.15, -0.1) is 0 Å². The Kier molecular flexibility index (Phi) is 6.78. The second-order valence-electron chi connectivity index (χ2n) is 6.72. The lowest BCUT2D eigenvalue weighted by atomic mass is 10.0. The monoisotopic (exact) mass is 409 g/mol. The molecule has 0 aromatic heterocycles. The van der Waals surface area contributed by atoms with Gasteiger partial charge in [-0.3, -0.25) is 4.79 Å². The first-order chi connectivity index (χ1) is 14.0. The zero-order valence-corrected chi connectivity index (χ0v) is 17.5. The van der Waals surface area contributed by atoms with Gasteiger partial charge in [-0.05, 0) is 54.4 Å². The van der Waals surface area contributed by atoms with Gasteiger partial charge >= 0.3 is 0 Å². The topological polar surface area (TPSA) is 38.8 Å². The van der Waals surface area contributed by atoms with E-state index in [0.29, 0.717) is 28.6 Å². The summed E-state index contributed by atoms with van der Waals surface area (Å²) in [5.74, 6) is 1.23. The largest absolute Gasteiger partial charge is 0.493 e. The first kappa shape index (κ1) is 20.7. The average molecular weight is 410 g/mol. The first-order valence-electron chi connectivity index (χ1n) is 9.36. The second-order valence-corrected chi connectivity index (χ2v) is 7.15. The molecule has 0 aliphatic carbocycles. The van der Waals surface area contributed by atoms with Crippen LogP contribution in [-0.2, 0) is 6.54 Å². The van der Waals surface area contributed by atoms with E-state index in [2.05, 4.69) is 0 Å². The van der Waals surface area contributed by atoms with Crippen LogP contribution in [0.5, 0.6) is 11.5 Å². The second kappa shape index (κ2) is 9.48. The molecule has 0 radical (unpaired) electrons. The number of halogens is 1. The van der Waals surface area contributed by atoms with Gasteiger partial charge in [0.15, 0.2) is 11.5 Å². The molecular weight excluding hydrogens is 386 g/mol.